The molecule has 1 fully saturated rings. The number of ether oxygens (including phenoxy) is 1. The number of anilines is 1. The van der Waals surface area contributed by atoms with E-state index in [0.717, 1.165) is 42.5 Å². The van der Waals surface area contributed by atoms with Gasteiger partial charge in [0.1, 0.15) is 5.75 Å². The summed E-state index contributed by atoms with van der Waals surface area (Å²) in [5.41, 5.74) is 4.68. The Morgan fingerprint density at radius 2 is 1.95 bits per heavy atom. The Morgan fingerprint density at radius 3 is 2.66 bits per heavy atom. The van der Waals surface area contributed by atoms with Crippen molar-refractivity contribution in [3.63, 3.8) is 0 Å². The minimum atomic E-state index is -0.257. The molecule has 2 N–H and O–H groups in total. The van der Waals surface area contributed by atoms with Crippen molar-refractivity contribution in [2.24, 2.45) is 5.92 Å². The fourth-order valence-electron chi connectivity index (χ4n) is 5.89. The van der Waals surface area contributed by atoms with Crippen molar-refractivity contribution in [2.75, 3.05) is 25.1 Å². The first-order valence-corrected chi connectivity index (χ1v) is 13.2. The van der Waals surface area contributed by atoms with Crippen molar-refractivity contribution in [3.05, 3.63) is 87.7 Å². The van der Waals surface area contributed by atoms with Crippen LogP contribution in [0, 0.1) is 19.8 Å². The van der Waals surface area contributed by atoms with Crippen molar-refractivity contribution >= 4 is 22.5 Å². The van der Waals surface area contributed by atoms with Crippen LogP contribution in [0.15, 0.2) is 59.7 Å². The van der Waals surface area contributed by atoms with Crippen LogP contribution in [-0.2, 0) is 6.54 Å². The second kappa shape index (κ2) is 10.7. The first-order chi connectivity index (χ1) is 18.4. The Balaban J connectivity index is 1.39. The van der Waals surface area contributed by atoms with Gasteiger partial charge in [-0.25, -0.2) is 0 Å². The lowest BCUT2D eigenvalue weighted by molar-refractivity contribution is 0.0951. The number of nitrogens with zero attached hydrogens (tertiary/aromatic N) is 3. The van der Waals surface area contributed by atoms with Gasteiger partial charge in [0.25, 0.3) is 11.5 Å². The van der Waals surface area contributed by atoms with Crippen LogP contribution in [0.25, 0.3) is 10.9 Å². The Kier molecular flexibility index (Phi) is 7.22. The minimum absolute atomic E-state index is 0.0823. The number of H-pyrrole nitrogens is 1. The van der Waals surface area contributed by atoms with Gasteiger partial charge in [-0.2, -0.15) is 0 Å². The topological polar surface area (TPSA) is 92.2 Å². The number of hydrogen-bond acceptors (Lipinski definition) is 5. The Labute approximate surface area is 222 Å². The Hall–Kier alpha value is -4.07. The van der Waals surface area contributed by atoms with Crippen molar-refractivity contribution in [1.29, 1.82) is 0 Å². The van der Waals surface area contributed by atoms with Gasteiger partial charge in [0, 0.05) is 47.6 Å². The van der Waals surface area contributed by atoms with Gasteiger partial charge in [-0.3, -0.25) is 14.6 Å². The molecule has 8 heteroatoms. The number of aromatic amines is 1. The number of amides is 1. The molecule has 0 spiro atoms. The van der Waals surface area contributed by atoms with Crippen molar-refractivity contribution < 1.29 is 9.53 Å². The molecule has 0 bridgehead atoms. The molecule has 4 heterocycles. The number of nitrogens with one attached hydrogen (secondary N) is 2. The summed E-state index contributed by atoms with van der Waals surface area (Å²) < 4.78 is 7.72. The van der Waals surface area contributed by atoms with Gasteiger partial charge in [0.2, 0.25) is 0 Å². The van der Waals surface area contributed by atoms with Crippen molar-refractivity contribution in [1.82, 2.24) is 19.9 Å². The van der Waals surface area contributed by atoms with E-state index in [1.807, 2.05) is 37.4 Å². The summed E-state index contributed by atoms with van der Waals surface area (Å²) in [6.45, 7) is 8.14. The molecular weight excluding hydrogens is 478 g/mol. The Morgan fingerprint density at radius 1 is 1.18 bits per heavy atom. The second-order valence-electron chi connectivity index (χ2n) is 10.1. The monoisotopic (exact) mass is 513 g/mol. The van der Waals surface area contributed by atoms with Crippen LogP contribution in [0.4, 0.5) is 5.69 Å². The molecule has 8 nitrogen and oxygen atoms in total. The molecule has 1 atom stereocenters. The van der Waals surface area contributed by atoms with Crippen LogP contribution in [-0.4, -0.2) is 40.6 Å². The van der Waals surface area contributed by atoms with Gasteiger partial charge in [0.15, 0.2) is 0 Å². The number of pyridine rings is 2. The average molecular weight is 514 g/mol. The number of para-hydroxylation sites is 1. The largest absolute Gasteiger partial charge is 0.496 e. The zero-order chi connectivity index (χ0) is 26.8. The lowest BCUT2D eigenvalue weighted by atomic mass is 9.89. The molecule has 1 unspecified atom stereocenters. The third-order valence-corrected chi connectivity index (χ3v) is 7.90. The molecule has 38 heavy (non-hydrogen) atoms. The van der Waals surface area contributed by atoms with Gasteiger partial charge in [0.05, 0.1) is 36.7 Å². The molecule has 1 saturated heterocycles. The van der Waals surface area contributed by atoms with E-state index in [1.165, 1.54) is 12.8 Å². The van der Waals surface area contributed by atoms with Crippen LogP contribution < -0.4 is 20.5 Å². The van der Waals surface area contributed by atoms with E-state index < -0.39 is 0 Å². The summed E-state index contributed by atoms with van der Waals surface area (Å²) in [6.07, 6.45) is 5.87. The first-order valence-electron chi connectivity index (χ1n) is 13.2. The highest BCUT2D eigenvalue weighted by Crippen LogP contribution is 2.36. The summed E-state index contributed by atoms with van der Waals surface area (Å²) in [7, 11) is 1.53. The lowest BCUT2D eigenvalue weighted by Gasteiger charge is -2.37. The van der Waals surface area contributed by atoms with E-state index in [2.05, 4.69) is 43.8 Å². The third-order valence-electron chi connectivity index (χ3n) is 7.90. The number of benzene rings is 1. The van der Waals surface area contributed by atoms with Crippen LogP contribution in [0.2, 0.25) is 0 Å². The Bertz CT molecular complexity index is 1500. The highest BCUT2D eigenvalue weighted by Gasteiger charge is 2.29. The van der Waals surface area contributed by atoms with Crippen molar-refractivity contribution in [2.45, 2.75) is 46.2 Å². The highest BCUT2D eigenvalue weighted by atomic mass is 16.5. The number of carbonyl (C=O) groups is 1. The molecule has 5 rings (SSSR count). The number of hydrogen-bond donors (Lipinski definition) is 2. The first kappa shape index (κ1) is 25.6. The lowest BCUT2D eigenvalue weighted by Crippen LogP contribution is -2.36. The zero-order valence-corrected chi connectivity index (χ0v) is 22.5. The molecule has 198 valence electrons. The third kappa shape index (κ3) is 4.78. The molecular formula is C30H35N5O3. The quantitative estimate of drug-likeness (QED) is 0.372. The fraction of sp³-hybridized carbons (Fsp3) is 0.367. The van der Waals surface area contributed by atoms with E-state index in [9.17, 15) is 9.59 Å². The number of piperidine rings is 1. The summed E-state index contributed by atoms with van der Waals surface area (Å²) in [5, 5.41) is 3.90. The fourth-order valence-corrected chi connectivity index (χ4v) is 5.89. The molecule has 4 aromatic rings. The van der Waals surface area contributed by atoms with E-state index in [1.54, 1.807) is 19.2 Å². The van der Waals surface area contributed by atoms with Crippen LogP contribution >= 0.6 is 0 Å². The van der Waals surface area contributed by atoms with Gasteiger partial charge >= 0.3 is 0 Å². The van der Waals surface area contributed by atoms with E-state index in [4.69, 9.17) is 4.74 Å². The van der Waals surface area contributed by atoms with Gasteiger partial charge in [-0.1, -0.05) is 18.2 Å². The molecule has 0 radical (unpaired) electrons. The number of methoxy groups -OCH3 is 1. The van der Waals surface area contributed by atoms with E-state index in [0.29, 0.717) is 28.5 Å². The maximum atomic E-state index is 13.6. The summed E-state index contributed by atoms with van der Waals surface area (Å²) >= 11 is 0. The number of rotatable bonds is 7. The smallest absolute Gasteiger partial charge is 0.256 e. The van der Waals surface area contributed by atoms with Gasteiger partial charge in [-0.05, 0) is 63.8 Å². The van der Waals surface area contributed by atoms with Crippen LogP contribution in [0.3, 0.4) is 0 Å². The molecule has 3 aromatic heterocycles. The van der Waals surface area contributed by atoms with E-state index >= 15 is 0 Å². The average Bonchev–Trinajstić information content (AvgIpc) is 3.23. The summed E-state index contributed by atoms with van der Waals surface area (Å²) in [6, 6.07) is 14.2. The van der Waals surface area contributed by atoms with Gasteiger partial charge < -0.3 is 24.5 Å². The van der Waals surface area contributed by atoms with Crippen LogP contribution in [0.1, 0.15) is 53.1 Å². The molecule has 1 aliphatic rings. The minimum Gasteiger partial charge on any atom is -0.496 e. The molecule has 1 aromatic carbocycles. The standard InChI is InChI=1S/C30H35N5O3/c1-19-16-27(38-4)25(29(36)33-19)18-32-30(37)28-21(3)35(26-10-6-5-9-24(26)28)20(2)22-11-14-34(15-12-22)23-8-7-13-31-17-23/h5-10,13,16-17,20,22H,11-12,14-15,18H2,1-4H3,(H,32,37)(H,33,36). The number of aryl methyl sites for hydroxylation is 1. The van der Waals surface area contributed by atoms with Crippen LogP contribution in [0.5, 0.6) is 5.75 Å². The second-order valence-corrected chi connectivity index (χ2v) is 10.1. The molecule has 1 aliphatic heterocycles. The van der Waals surface area contributed by atoms with Gasteiger partial charge in [-0.15, -0.1) is 0 Å². The molecule has 0 saturated carbocycles. The predicted molar refractivity (Wildman–Crippen MR) is 150 cm³/mol. The van der Waals surface area contributed by atoms with E-state index in [-0.39, 0.29) is 24.1 Å². The predicted octanol–water partition coefficient (Wildman–Crippen LogP) is 4.76. The SMILES string of the molecule is COc1cc(C)[nH]c(=O)c1CNC(=O)c1c(C)n(C(C)C2CCN(c3cccnc3)CC2)c2ccccc12. The number of carbonyl (C=O) groups excluding carboxylic acids is 1. The summed E-state index contributed by atoms with van der Waals surface area (Å²) in [4.78, 5) is 35.5. The number of fused-ring (bicyclic) bond motifs is 1. The normalized spacial score (nSPS) is 15.0. The highest BCUT2D eigenvalue weighted by molar-refractivity contribution is 6.08. The molecule has 0 aliphatic carbocycles. The van der Waals surface area contributed by atoms with Crippen molar-refractivity contribution in [3.8, 4) is 5.75 Å². The number of aromatic nitrogens is 3. The summed E-state index contributed by atoms with van der Waals surface area (Å²) in [5.74, 6) is 0.763. The molecule has 1 amide bonds. The zero-order valence-electron chi connectivity index (χ0n) is 22.5. The maximum Gasteiger partial charge on any atom is 0.256 e. The maximum absolute atomic E-state index is 13.6.